The molecule has 4 rings (SSSR count). The summed E-state index contributed by atoms with van der Waals surface area (Å²) in [5.41, 5.74) is 2.20. The summed E-state index contributed by atoms with van der Waals surface area (Å²) in [5.74, 6) is 1.58. The lowest BCUT2D eigenvalue weighted by atomic mass is 10.0. The van der Waals surface area contributed by atoms with Gasteiger partial charge in [-0.05, 0) is 29.7 Å². The van der Waals surface area contributed by atoms with E-state index in [9.17, 15) is 4.79 Å². The second-order valence-electron chi connectivity index (χ2n) is 7.13. The lowest BCUT2D eigenvalue weighted by Gasteiger charge is -2.31. The number of morpholine rings is 1. The fourth-order valence-corrected chi connectivity index (χ4v) is 3.58. The fourth-order valence-electron chi connectivity index (χ4n) is 3.58. The minimum atomic E-state index is -0.0245. The Morgan fingerprint density at radius 1 is 1.04 bits per heavy atom. The summed E-state index contributed by atoms with van der Waals surface area (Å²) in [5, 5.41) is 3.23. The molecular formula is C22H26N2O4. The van der Waals surface area contributed by atoms with Crippen LogP contribution in [-0.4, -0.2) is 50.4 Å². The number of nitrogens with zero attached hydrogens (tertiary/aromatic N) is 1. The molecule has 148 valence electrons. The standard InChI is InChI=1S/C22H26N2O4/c25-22(9-7-17-6-8-20-21(14-17)28-16-27-20)23-19(18-4-2-1-3-5-18)15-24-10-12-26-13-11-24/h1-6,8,14,19H,7,9-13,15-16H2,(H,23,25). The van der Waals surface area contributed by atoms with Crippen molar-refractivity contribution in [3.05, 3.63) is 59.7 Å². The zero-order valence-electron chi connectivity index (χ0n) is 15.9. The van der Waals surface area contributed by atoms with E-state index >= 15 is 0 Å². The highest BCUT2D eigenvalue weighted by Gasteiger charge is 2.20. The van der Waals surface area contributed by atoms with Gasteiger partial charge in [0.2, 0.25) is 12.7 Å². The van der Waals surface area contributed by atoms with Crippen LogP contribution in [-0.2, 0) is 16.0 Å². The van der Waals surface area contributed by atoms with Crippen LogP contribution in [0.2, 0.25) is 0 Å². The zero-order chi connectivity index (χ0) is 19.2. The third-order valence-corrected chi connectivity index (χ3v) is 5.16. The molecule has 1 saturated heterocycles. The fraction of sp³-hybridized carbons (Fsp3) is 0.409. The summed E-state index contributed by atoms with van der Waals surface area (Å²) in [6.07, 6.45) is 1.10. The topological polar surface area (TPSA) is 60.0 Å². The normalized spacial score (nSPS) is 17.3. The highest BCUT2D eigenvalue weighted by Crippen LogP contribution is 2.32. The molecule has 2 heterocycles. The molecule has 28 heavy (non-hydrogen) atoms. The van der Waals surface area contributed by atoms with E-state index in [1.807, 2.05) is 36.4 Å². The van der Waals surface area contributed by atoms with Gasteiger partial charge in [0, 0.05) is 26.1 Å². The van der Waals surface area contributed by atoms with Gasteiger partial charge < -0.3 is 19.5 Å². The van der Waals surface area contributed by atoms with E-state index in [1.165, 1.54) is 0 Å². The Labute approximate surface area is 165 Å². The predicted molar refractivity (Wildman–Crippen MR) is 105 cm³/mol. The van der Waals surface area contributed by atoms with Crippen LogP contribution in [0.4, 0.5) is 0 Å². The molecule has 0 spiro atoms. The number of benzene rings is 2. The van der Waals surface area contributed by atoms with Crippen molar-refractivity contribution in [2.24, 2.45) is 0 Å². The summed E-state index contributed by atoms with van der Waals surface area (Å²) < 4.78 is 16.2. The van der Waals surface area contributed by atoms with Gasteiger partial charge >= 0.3 is 0 Å². The third-order valence-electron chi connectivity index (χ3n) is 5.16. The molecule has 0 saturated carbocycles. The van der Waals surface area contributed by atoms with Gasteiger partial charge in [0.1, 0.15) is 0 Å². The van der Waals surface area contributed by atoms with Gasteiger partial charge in [-0.2, -0.15) is 0 Å². The van der Waals surface area contributed by atoms with E-state index < -0.39 is 0 Å². The van der Waals surface area contributed by atoms with Gasteiger partial charge in [-0.1, -0.05) is 36.4 Å². The molecule has 2 aromatic rings. The number of hydrogen-bond donors (Lipinski definition) is 1. The van der Waals surface area contributed by atoms with Crippen molar-refractivity contribution in [2.45, 2.75) is 18.9 Å². The highest BCUT2D eigenvalue weighted by molar-refractivity contribution is 5.76. The Hall–Kier alpha value is -2.57. The first-order chi connectivity index (χ1) is 13.8. The molecule has 2 aliphatic rings. The van der Waals surface area contributed by atoms with Crippen molar-refractivity contribution in [1.29, 1.82) is 0 Å². The van der Waals surface area contributed by atoms with Crippen molar-refractivity contribution in [1.82, 2.24) is 10.2 Å². The largest absolute Gasteiger partial charge is 0.454 e. The first-order valence-corrected chi connectivity index (χ1v) is 9.81. The number of ether oxygens (including phenoxy) is 3. The molecule has 2 aliphatic heterocycles. The summed E-state index contributed by atoms with van der Waals surface area (Å²) >= 11 is 0. The average Bonchev–Trinajstić information content (AvgIpc) is 3.21. The molecule has 0 aromatic heterocycles. The molecule has 6 nitrogen and oxygen atoms in total. The van der Waals surface area contributed by atoms with Gasteiger partial charge in [-0.15, -0.1) is 0 Å². The number of aryl methyl sites for hydroxylation is 1. The second kappa shape index (κ2) is 9.08. The summed E-state index contributed by atoms with van der Waals surface area (Å²) in [4.78, 5) is 15.0. The van der Waals surface area contributed by atoms with E-state index in [4.69, 9.17) is 14.2 Å². The number of amides is 1. The van der Waals surface area contributed by atoms with E-state index in [1.54, 1.807) is 0 Å². The molecule has 1 amide bonds. The monoisotopic (exact) mass is 382 g/mol. The minimum absolute atomic E-state index is 0.0245. The van der Waals surface area contributed by atoms with Crippen LogP contribution in [0, 0.1) is 0 Å². The number of fused-ring (bicyclic) bond motifs is 1. The van der Waals surface area contributed by atoms with Gasteiger partial charge in [0.25, 0.3) is 0 Å². The van der Waals surface area contributed by atoms with E-state index in [0.29, 0.717) is 12.8 Å². The van der Waals surface area contributed by atoms with Gasteiger partial charge in [-0.25, -0.2) is 0 Å². The first-order valence-electron chi connectivity index (χ1n) is 9.81. The van der Waals surface area contributed by atoms with Crippen LogP contribution in [0.1, 0.15) is 23.6 Å². The van der Waals surface area contributed by atoms with Crippen molar-refractivity contribution >= 4 is 5.91 Å². The number of hydrogen-bond acceptors (Lipinski definition) is 5. The summed E-state index contributed by atoms with van der Waals surface area (Å²) in [6, 6.07) is 16.0. The van der Waals surface area contributed by atoms with Gasteiger partial charge in [0.15, 0.2) is 11.5 Å². The molecule has 1 atom stereocenters. The van der Waals surface area contributed by atoms with Crippen molar-refractivity contribution in [3.63, 3.8) is 0 Å². The van der Waals surface area contributed by atoms with E-state index in [2.05, 4.69) is 22.3 Å². The molecule has 1 fully saturated rings. The number of nitrogens with one attached hydrogen (secondary N) is 1. The van der Waals surface area contributed by atoms with Crippen LogP contribution in [0.15, 0.2) is 48.5 Å². The molecule has 0 bridgehead atoms. The van der Waals surface area contributed by atoms with Gasteiger partial charge in [0.05, 0.1) is 19.3 Å². The maximum absolute atomic E-state index is 12.7. The molecule has 1 unspecified atom stereocenters. The zero-order valence-corrected chi connectivity index (χ0v) is 15.9. The van der Waals surface area contributed by atoms with E-state index in [-0.39, 0.29) is 18.7 Å². The number of carbonyl (C=O) groups is 1. The number of rotatable bonds is 7. The van der Waals surface area contributed by atoms with Crippen LogP contribution in [0.5, 0.6) is 11.5 Å². The maximum atomic E-state index is 12.7. The quantitative estimate of drug-likeness (QED) is 0.798. The molecular weight excluding hydrogens is 356 g/mol. The van der Waals surface area contributed by atoms with Crippen molar-refractivity contribution < 1.29 is 19.0 Å². The van der Waals surface area contributed by atoms with Crippen molar-refractivity contribution in [3.8, 4) is 11.5 Å². The van der Waals surface area contributed by atoms with Crippen LogP contribution in [0.25, 0.3) is 0 Å². The molecule has 0 aliphatic carbocycles. The minimum Gasteiger partial charge on any atom is -0.454 e. The third kappa shape index (κ3) is 4.82. The second-order valence-corrected chi connectivity index (χ2v) is 7.13. The Bertz CT molecular complexity index is 790. The Balaban J connectivity index is 1.36. The lowest BCUT2D eigenvalue weighted by Crippen LogP contribution is -2.43. The summed E-state index contributed by atoms with van der Waals surface area (Å²) in [6.45, 7) is 4.36. The average molecular weight is 382 g/mol. The molecule has 6 heteroatoms. The Morgan fingerprint density at radius 2 is 1.82 bits per heavy atom. The molecule has 0 radical (unpaired) electrons. The van der Waals surface area contributed by atoms with Gasteiger partial charge in [-0.3, -0.25) is 9.69 Å². The lowest BCUT2D eigenvalue weighted by molar-refractivity contribution is -0.122. The van der Waals surface area contributed by atoms with Crippen LogP contribution < -0.4 is 14.8 Å². The summed E-state index contributed by atoms with van der Waals surface area (Å²) in [7, 11) is 0. The van der Waals surface area contributed by atoms with E-state index in [0.717, 1.165) is 55.5 Å². The SMILES string of the molecule is O=C(CCc1ccc2c(c1)OCO2)NC(CN1CCOCC1)c1ccccc1. The Kier molecular flexibility index (Phi) is 6.09. The molecule has 2 aromatic carbocycles. The Morgan fingerprint density at radius 3 is 2.64 bits per heavy atom. The maximum Gasteiger partial charge on any atom is 0.231 e. The highest BCUT2D eigenvalue weighted by atomic mass is 16.7. The number of carbonyl (C=O) groups excluding carboxylic acids is 1. The van der Waals surface area contributed by atoms with Crippen LogP contribution in [0.3, 0.4) is 0 Å². The van der Waals surface area contributed by atoms with Crippen LogP contribution >= 0.6 is 0 Å². The smallest absolute Gasteiger partial charge is 0.231 e. The predicted octanol–water partition coefficient (Wildman–Crippen LogP) is 2.54. The van der Waals surface area contributed by atoms with Crippen molar-refractivity contribution in [2.75, 3.05) is 39.6 Å². The first kappa shape index (κ1) is 18.8. The molecule has 1 N–H and O–H groups in total.